The number of allylic oxidation sites excluding steroid dienone is 1. The summed E-state index contributed by atoms with van der Waals surface area (Å²) in [5.41, 5.74) is 2.08. The van der Waals surface area contributed by atoms with Crippen molar-refractivity contribution in [1.82, 2.24) is 20.1 Å². The molecule has 0 atom stereocenters. The number of anilines is 1. The van der Waals surface area contributed by atoms with Crippen molar-refractivity contribution in [2.24, 2.45) is 0 Å². The van der Waals surface area contributed by atoms with Crippen molar-refractivity contribution in [2.75, 3.05) is 11.1 Å². The Morgan fingerprint density at radius 1 is 1.12 bits per heavy atom. The third-order valence-corrected chi connectivity index (χ3v) is 5.87. The maximum atomic E-state index is 12.4. The Balaban J connectivity index is 1.61. The van der Waals surface area contributed by atoms with Gasteiger partial charge in [-0.1, -0.05) is 41.0 Å². The van der Waals surface area contributed by atoms with Gasteiger partial charge in [0.15, 0.2) is 11.0 Å². The van der Waals surface area contributed by atoms with E-state index in [4.69, 9.17) is 23.2 Å². The number of amides is 2. The second kappa shape index (κ2) is 11.2. The molecule has 0 spiro atoms. The molecule has 0 aliphatic rings. The van der Waals surface area contributed by atoms with Gasteiger partial charge in [0.25, 0.3) is 5.91 Å². The van der Waals surface area contributed by atoms with Crippen LogP contribution in [0.3, 0.4) is 0 Å². The lowest BCUT2D eigenvalue weighted by atomic mass is 10.2. The highest BCUT2D eigenvalue weighted by molar-refractivity contribution is 7.99. The zero-order valence-electron chi connectivity index (χ0n) is 17.3. The number of rotatable bonds is 9. The fraction of sp³-hybridized carbons (Fsp3) is 0.182. The van der Waals surface area contributed by atoms with Gasteiger partial charge in [-0.25, -0.2) is 0 Å². The van der Waals surface area contributed by atoms with Crippen LogP contribution >= 0.6 is 35.0 Å². The fourth-order valence-corrected chi connectivity index (χ4v) is 3.93. The number of nitrogens with one attached hydrogen (secondary N) is 2. The van der Waals surface area contributed by atoms with Gasteiger partial charge in [0.05, 0.1) is 12.3 Å². The molecule has 166 valence electrons. The number of nitrogens with zero attached hydrogens (tertiary/aromatic N) is 3. The van der Waals surface area contributed by atoms with Crippen LogP contribution < -0.4 is 10.6 Å². The molecule has 10 heteroatoms. The zero-order chi connectivity index (χ0) is 23.1. The Morgan fingerprint density at radius 3 is 2.53 bits per heavy atom. The molecule has 0 saturated heterocycles. The van der Waals surface area contributed by atoms with Gasteiger partial charge in [0, 0.05) is 27.8 Å². The van der Waals surface area contributed by atoms with E-state index < -0.39 is 0 Å². The lowest BCUT2D eigenvalue weighted by molar-refractivity contribution is -0.113. The number of carbonyl (C=O) groups is 2. The minimum atomic E-state index is -0.248. The summed E-state index contributed by atoms with van der Waals surface area (Å²) >= 11 is 13.1. The van der Waals surface area contributed by atoms with Gasteiger partial charge in [0.2, 0.25) is 5.91 Å². The van der Waals surface area contributed by atoms with Crippen LogP contribution in [0.25, 0.3) is 0 Å². The van der Waals surface area contributed by atoms with E-state index in [2.05, 4.69) is 27.4 Å². The van der Waals surface area contributed by atoms with Gasteiger partial charge in [-0.05, 0) is 55.0 Å². The molecule has 3 rings (SSSR count). The quantitative estimate of drug-likeness (QED) is 0.334. The maximum Gasteiger partial charge on any atom is 0.251 e. The molecule has 1 aromatic heterocycles. The second-order valence-electron chi connectivity index (χ2n) is 6.78. The SMILES string of the molecule is C=CCn1c(CNC(=O)c2ccc(Cl)cc2)nnc1SCC(=O)Nc1ccc(Cl)cc1C. The molecule has 0 radical (unpaired) electrons. The number of benzene rings is 2. The normalized spacial score (nSPS) is 10.6. The molecule has 2 amide bonds. The second-order valence-corrected chi connectivity index (χ2v) is 8.60. The van der Waals surface area contributed by atoms with Crippen molar-refractivity contribution in [1.29, 1.82) is 0 Å². The molecule has 3 aromatic rings. The molecule has 1 heterocycles. The van der Waals surface area contributed by atoms with Gasteiger partial charge in [0.1, 0.15) is 0 Å². The van der Waals surface area contributed by atoms with Gasteiger partial charge in [-0.15, -0.1) is 16.8 Å². The van der Waals surface area contributed by atoms with Crippen LogP contribution in [0, 0.1) is 6.92 Å². The van der Waals surface area contributed by atoms with Crippen LogP contribution in [-0.2, 0) is 17.9 Å². The Morgan fingerprint density at radius 2 is 1.84 bits per heavy atom. The lowest BCUT2D eigenvalue weighted by Crippen LogP contribution is -2.24. The van der Waals surface area contributed by atoms with Crippen molar-refractivity contribution in [3.63, 3.8) is 0 Å². The van der Waals surface area contributed by atoms with Crippen LogP contribution in [0.4, 0.5) is 5.69 Å². The minimum Gasteiger partial charge on any atom is -0.345 e. The summed E-state index contributed by atoms with van der Waals surface area (Å²) in [6, 6.07) is 11.9. The van der Waals surface area contributed by atoms with Crippen LogP contribution in [0.15, 0.2) is 60.3 Å². The fourth-order valence-electron chi connectivity index (χ4n) is 2.82. The molecule has 0 bridgehead atoms. The molecule has 0 aliphatic heterocycles. The molecule has 7 nitrogen and oxygen atoms in total. The summed E-state index contributed by atoms with van der Waals surface area (Å²) in [5, 5.41) is 15.7. The molecular weight excluding hydrogens is 469 g/mol. The summed E-state index contributed by atoms with van der Waals surface area (Å²) in [6.45, 7) is 6.26. The molecule has 0 aliphatic carbocycles. The number of hydrogen-bond donors (Lipinski definition) is 2. The summed E-state index contributed by atoms with van der Waals surface area (Å²) in [4.78, 5) is 24.7. The standard InChI is InChI=1S/C22H21Cl2N5O2S/c1-3-10-29-19(12-25-21(31)15-4-6-16(23)7-5-15)27-28-22(29)32-13-20(30)26-18-9-8-17(24)11-14(18)2/h3-9,11H,1,10,12-13H2,2H3,(H,25,31)(H,26,30). The smallest absolute Gasteiger partial charge is 0.251 e. The minimum absolute atomic E-state index is 0.147. The number of halogens is 2. The summed E-state index contributed by atoms with van der Waals surface area (Å²) in [5.74, 6) is 0.283. The topological polar surface area (TPSA) is 88.9 Å². The molecule has 0 saturated carbocycles. The van der Waals surface area contributed by atoms with E-state index in [1.807, 2.05) is 6.92 Å². The number of aromatic nitrogens is 3. The van der Waals surface area contributed by atoms with E-state index in [0.29, 0.717) is 38.8 Å². The van der Waals surface area contributed by atoms with Crippen molar-refractivity contribution < 1.29 is 9.59 Å². The predicted octanol–water partition coefficient (Wildman–Crippen LogP) is 4.74. The highest BCUT2D eigenvalue weighted by Gasteiger charge is 2.15. The first-order chi connectivity index (χ1) is 15.4. The molecule has 0 unspecified atom stereocenters. The number of hydrogen-bond acceptors (Lipinski definition) is 5. The maximum absolute atomic E-state index is 12.4. The Kier molecular flexibility index (Phi) is 8.33. The Hall–Kier alpha value is -2.81. The first-order valence-corrected chi connectivity index (χ1v) is 11.4. The van der Waals surface area contributed by atoms with E-state index in [0.717, 1.165) is 5.56 Å². The van der Waals surface area contributed by atoms with Gasteiger partial charge >= 0.3 is 0 Å². The molecule has 32 heavy (non-hydrogen) atoms. The largest absolute Gasteiger partial charge is 0.345 e. The van der Waals surface area contributed by atoms with Crippen LogP contribution in [0.2, 0.25) is 10.0 Å². The molecule has 2 aromatic carbocycles. The van der Waals surface area contributed by atoms with E-state index in [9.17, 15) is 9.59 Å². The van der Waals surface area contributed by atoms with Gasteiger partial charge in [-0.2, -0.15) is 0 Å². The monoisotopic (exact) mass is 489 g/mol. The molecule has 0 fully saturated rings. The first kappa shape index (κ1) is 23.8. The number of thioether (sulfide) groups is 1. The molecular formula is C22H21Cl2N5O2S. The summed E-state index contributed by atoms with van der Waals surface area (Å²) in [7, 11) is 0. The Labute approximate surface area is 200 Å². The van der Waals surface area contributed by atoms with Crippen molar-refractivity contribution in [3.8, 4) is 0 Å². The van der Waals surface area contributed by atoms with Crippen molar-refractivity contribution >= 4 is 52.5 Å². The van der Waals surface area contributed by atoms with Crippen LogP contribution in [0.5, 0.6) is 0 Å². The average molecular weight is 490 g/mol. The van der Waals surface area contributed by atoms with E-state index >= 15 is 0 Å². The lowest BCUT2D eigenvalue weighted by Gasteiger charge is -2.10. The van der Waals surface area contributed by atoms with Gasteiger partial charge in [-0.3, -0.25) is 9.59 Å². The number of aryl methyl sites for hydroxylation is 1. The van der Waals surface area contributed by atoms with Crippen molar-refractivity contribution in [2.45, 2.75) is 25.2 Å². The van der Waals surface area contributed by atoms with Crippen molar-refractivity contribution in [3.05, 3.63) is 82.1 Å². The van der Waals surface area contributed by atoms with E-state index in [1.165, 1.54) is 11.8 Å². The zero-order valence-corrected chi connectivity index (χ0v) is 19.6. The number of carbonyl (C=O) groups excluding carboxylic acids is 2. The predicted molar refractivity (Wildman–Crippen MR) is 128 cm³/mol. The Bertz CT molecular complexity index is 1130. The molecule has 2 N–H and O–H groups in total. The van der Waals surface area contributed by atoms with E-state index in [1.54, 1.807) is 53.1 Å². The van der Waals surface area contributed by atoms with E-state index in [-0.39, 0.29) is 24.1 Å². The average Bonchev–Trinajstić information content (AvgIpc) is 3.15. The highest BCUT2D eigenvalue weighted by atomic mass is 35.5. The highest BCUT2D eigenvalue weighted by Crippen LogP contribution is 2.21. The van der Waals surface area contributed by atoms with Gasteiger partial charge < -0.3 is 15.2 Å². The third-order valence-electron chi connectivity index (χ3n) is 4.41. The van der Waals surface area contributed by atoms with Crippen LogP contribution in [0.1, 0.15) is 21.7 Å². The van der Waals surface area contributed by atoms with Crippen LogP contribution in [-0.4, -0.2) is 32.3 Å². The summed E-state index contributed by atoms with van der Waals surface area (Å²) < 4.78 is 1.81. The third kappa shape index (κ3) is 6.35. The summed E-state index contributed by atoms with van der Waals surface area (Å²) in [6.07, 6.45) is 1.70. The first-order valence-electron chi connectivity index (χ1n) is 9.63.